The summed E-state index contributed by atoms with van der Waals surface area (Å²) >= 11 is 0. The third-order valence-corrected chi connectivity index (χ3v) is 21.9. The molecule has 0 amide bonds. The Bertz CT molecular complexity index is 4050. The van der Waals surface area contributed by atoms with E-state index < -0.39 is 81.2 Å². The van der Waals surface area contributed by atoms with Gasteiger partial charge in [-0.1, -0.05) is 97.1 Å². The molecule has 0 aliphatic carbocycles. The molecule has 6 aromatic rings. The molecule has 6 fully saturated rings. The van der Waals surface area contributed by atoms with Gasteiger partial charge in [-0.2, -0.15) is 0 Å². The summed E-state index contributed by atoms with van der Waals surface area (Å²) in [7, 11) is -4.50. The lowest BCUT2D eigenvalue weighted by atomic mass is 10.1. The monoisotopic (exact) mass is 1410 g/mol. The molecule has 10 aliphatic rings. The number of benzene rings is 4. The van der Waals surface area contributed by atoms with E-state index in [1.807, 2.05) is 161 Å². The van der Waals surface area contributed by atoms with Crippen LogP contribution in [-0.4, -0.2) is 244 Å². The van der Waals surface area contributed by atoms with Crippen molar-refractivity contribution in [2.75, 3.05) is 119 Å². The minimum atomic E-state index is -4.50. The number of amidine groups is 4. The lowest BCUT2D eigenvalue weighted by Crippen LogP contribution is -2.64. The van der Waals surface area contributed by atoms with Gasteiger partial charge in [-0.25, -0.2) is 30.0 Å². The van der Waals surface area contributed by atoms with Gasteiger partial charge in [0.2, 0.25) is 0 Å². The zero-order valence-corrected chi connectivity index (χ0v) is 59.0. The number of ether oxygens (including phenoxy) is 18. The molecule has 101 heavy (non-hydrogen) atoms. The molecule has 0 radical (unpaired) electrons. The van der Waals surface area contributed by atoms with Crippen LogP contribution in [0.5, 0.6) is 0 Å². The van der Waals surface area contributed by atoms with Gasteiger partial charge in [0.25, 0.3) is 0 Å². The second-order valence-electron chi connectivity index (χ2n) is 27.6. The second-order valence-corrected chi connectivity index (χ2v) is 30.1. The van der Waals surface area contributed by atoms with Gasteiger partial charge < -0.3 is 94.1 Å². The van der Waals surface area contributed by atoms with Crippen molar-refractivity contribution >= 4 is 65.4 Å². The van der Waals surface area contributed by atoms with Crippen LogP contribution < -0.4 is 11.0 Å². The Morgan fingerprint density at radius 1 is 0.356 bits per heavy atom. The van der Waals surface area contributed by atoms with Gasteiger partial charge in [0, 0.05) is 43.8 Å². The Kier molecular flexibility index (Phi) is 19.6. The van der Waals surface area contributed by atoms with E-state index in [1.54, 1.807) is 0 Å². The summed E-state index contributed by atoms with van der Waals surface area (Å²) in [4.78, 5) is 32.6. The van der Waals surface area contributed by atoms with E-state index in [-0.39, 0.29) is 51.8 Å². The molecule has 10 aliphatic heterocycles. The number of nitrogens with zero attached hydrogens (tertiary/aromatic N) is 8. The van der Waals surface area contributed by atoms with Crippen LogP contribution >= 0.6 is 0 Å². The van der Waals surface area contributed by atoms with Crippen molar-refractivity contribution in [3.05, 3.63) is 130 Å². The first-order valence-corrected chi connectivity index (χ1v) is 36.6. The summed E-state index contributed by atoms with van der Waals surface area (Å²) in [5, 5.41) is 3.14. The molecular formula is C72H86N8O20Si. The maximum atomic E-state index is 7.63. The Hall–Kier alpha value is -6.34. The van der Waals surface area contributed by atoms with Crippen LogP contribution in [0.25, 0.3) is 21.5 Å². The van der Waals surface area contributed by atoms with Gasteiger partial charge in [-0.3, -0.25) is 8.47 Å². The van der Waals surface area contributed by atoms with Gasteiger partial charge in [-0.05, 0) is 55.4 Å². The van der Waals surface area contributed by atoms with Gasteiger partial charge in [-0.15, -0.1) is 0 Å². The van der Waals surface area contributed by atoms with E-state index in [1.165, 1.54) is 0 Å². The Morgan fingerprint density at radius 2 is 0.693 bits per heavy atom. The van der Waals surface area contributed by atoms with Crippen molar-refractivity contribution in [2.24, 2.45) is 30.0 Å². The summed E-state index contributed by atoms with van der Waals surface area (Å²) < 4.78 is 130. The average molecular weight is 1410 g/mol. The molecule has 29 heteroatoms. The van der Waals surface area contributed by atoms with Gasteiger partial charge in [0.15, 0.2) is 59.1 Å². The Morgan fingerprint density at radius 3 is 1.06 bits per heavy atom. The van der Waals surface area contributed by atoms with Crippen LogP contribution in [0.1, 0.15) is 77.6 Å². The normalized spacial score (nSPS) is 27.8. The van der Waals surface area contributed by atoms with E-state index >= 15 is 0 Å². The molecule has 16 rings (SSSR count). The first kappa shape index (κ1) is 69.0. The second kappa shape index (κ2) is 28.6. The van der Waals surface area contributed by atoms with Crippen LogP contribution in [-0.2, 0) is 94.1 Å². The summed E-state index contributed by atoms with van der Waals surface area (Å²) in [6.07, 6.45) is -4.46. The van der Waals surface area contributed by atoms with Crippen LogP contribution in [0.2, 0.25) is 0 Å². The van der Waals surface area contributed by atoms with Crippen molar-refractivity contribution in [3.63, 3.8) is 0 Å². The standard InChI is InChI=1S/C72H86N8O20Si/c1-69(2)89-41-51(95-69)53-55(57-67(93-53)99-71(5,6)97-57)87-37-33-83-29-25-81-27-31-85-35-39-91-101(92-40-36-86-32-28-82-26-30-84-34-38-88-56-54(52-42-90-70(3,4)96-52)94-68-58(56)98-72(7,8)100-68)79-63-47-21-13-14-22-48(47)65(79)77-61-45-19-11-12-20-46(45)62(74-61)78-66-50-24-16-15-23-49(50)64(80(66)101)76-60-44-18-10-9-17-43(44)59(73-60)75-63/h9-24,51-58,67-68H,25-42H2,1-8H3/t51-,52-,53-,54-,55+,56+,57-,58-,67-,68-/m1/s1. The van der Waals surface area contributed by atoms with Crippen molar-refractivity contribution < 1.29 is 94.1 Å². The van der Waals surface area contributed by atoms with E-state index in [2.05, 4.69) is 0 Å². The summed E-state index contributed by atoms with van der Waals surface area (Å²) in [6, 6.07) is 32.1. The third-order valence-electron chi connectivity index (χ3n) is 18.8. The third kappa shape index (κ3) is 13.9. The Labute approximate surface area is 584 Å². The number of aliphatic imine (C=N–C) groups is 4. The molecule has 0 N–H and O–H groups in total. The highest BCUT2D eigenvalue weighted by Crippen LogP contribution is 2.46. The van der Waals surface area contributed by atoms with Crippen LogP contribution in [0.3, 0.4) is 0 Å². The van der Waals surface area contributed by atoms with Crippen molar-refractivity contribution in [1.82, 2.24) is 8.47 Å². The topological polar surface area (TPSA) is 269 Å². The van der Waals surface area contributed by atoms with Crippen molar-refractivity contribution in [1.29, 1.82) is 0 Å². The smallest absolute Gasteiger partial charge is 0.377 e. The summed E-state index contributed by atoms with van der Waals surface area (Å²) in [5.41, 5.74) is 4.30. The fraction of sp³-hybridized carbons (Fsp3) is 0.556. The predicted octanol–water partition coefficient (Wildman–Crippen LogP) is 6.33. The highest BCUT2D eigenvalue weighted by molar-refractivity contribution is 6.66. The zero-order chi connectivity index (χ0) is 69.1. The van der Waals surface area contributed by atoms with E-state index in [0.29, 0.717) is 125 Å². The van der Waals surface area contributed by atoms with Crippen molar-refractivity contribution in [2.45, 2.75) is 140 Å². The zero-order valence-electron chi connectivity index (χ0n) is 58.0. The molecule has 0 unspecified atom stereocenters. The number of rotatable bonds is 30. The highest BCUT2D eigenvalue weighted by atomic mass is 28.4. The molecule has 0 spiro atoms. The maximum Gasteiger partial charge on any atom is 0.603 e. The molecule has 12 heterocycles. The SMILES string of the molecule is CC1(C)O[C@H]2O[C@H]([C@H]3COC(C)(C)O3)[C@H](OCCOCCOCCOCCO[Si]3(OCCOCCOCCOCCO[C@@H]4[C@H]5OC(C)(C)O[C@H]5O[C@@H]4[C@H]4COC(C)(C)O4)n4c5c6ccccc6c4N=C4N=C(N=c6c7ccccc7c(n63)=NC3=NC(=N5)c5ccccc53)c3ccccc34)[C@H]2O1. The quantitative estimate of drug-likeness (QED) is 0.0352. The number of hydrogen-bond acceptors (Lipinski definition) is 26. The van der Waals surface area contributed by atoms with E-state index in [9.17, 15) is 0 Å². The largest absolute Gasteiger partial charge is 0.603 e. The molecule has 6 saturated heterocycles. The van der Waals surface area contributed by atoms with Crippen LogP contribution in [0.15, 0.2) is 127 Å². The maximum absolute atomic E-state index is 7.63. The molecule has 10 atom stereocenters. The minimum Gasteiger partial charge on any atom is -0.377 e. The van der Waals surface area contributed by atoms with Gasteiger partial charge in [0.1, 0.15) is 71.4 Å². The number of fused-ring (bicyclic) bond motifs is 16. The molecule has 6 bridgehead atoms. The average Bonchev–Trinajstić information content (AvgIpc) is 1.54. The first-order chi connectivity index (χ1) is 49.0. The van der Waals surface area contributed by atoms with Crippen LogP contribution in [0, 0.1) is 0 Å². The highest BCUT2D eigenvalue weighted by Gasteiger charge is 2.61. The van der Waals surface area contributed by atoms with Crippen molar-refractivity contribution in [3.8, 4) is 0 Å². The number of hydrogen-bond donors (Lipinski definition) is 0. The van der Waals surface area contributed by atoms with E-state index in [4.69, 9.17) is 124 Å². The molecule has 2 aromatic heterocycles. The fourth-order valence-corrected chi connectivity index (χ4v) is 17.8. The lowest BCUT2D eigenvalue weighted by molar-refractivity contribution is -0.236. The lowest BCUT2D eigenvalue weighted by Gasteiger charge is -2.33. The van der Waals surface area contributed by atoms with Gasteiger partial charge in [0.05, 0.1) is 119 Å². The molecule has 0 saturated carbocycles. The molecular weight excluding hydrogens is 1320 g/mol. The number of aromatic nitrogens is 2. The summed E-state index contributed by atoms with van der Waals surface area (Å²) in [6.45, 7) is 19.7. The van der Waals surface area contributed by atoms with E-state index in [0.717, 1.165) is 43.8 Å². The molecule has 4 aromatic carbocycles. The summed E-state index contributed by atoms with van der Waals surface area (Å²) in [5.74, 6) is -0.162. The van der Waals surface area contributed by atoms with Crippen LogP contribution in [0.4, 0.5) is 11.6 Å². The molecule has 538 valence electrons. The molecule has 28 nitrogen and oxygen atoms in total. The minimum absolute atomic E-state index is 0.0386. The van der Waals surface area contributed by atoms with Gasteiger partial charge >= 0.3 is 8.88 Å². The predicted molar refractivity (Wildman–Crippen MR) is 365 cm³/mol. The fourth-order valence-electron chi connectivity index (χ4n) is 14.5. The Balaban J connectivity index is 0.613. The first-order valence-electron chi connectivity index (χ1n) is 34.9.